The van der Waals surface area contributed by atoms with Crippen molar-refractivity contribution in [2.45, 2.75) is 37.4 Å². The fraction of sp³-hybridized carbons (Fsp3) is 0.562. The molecule has 1 aliphatic heterocycles. The van der Waals surface area contributed by atoms with Gasteiger partial charge in [0.15, 0.2) is 0 Å². The number of methoxy groups -OCH3 is 1. The van der Waals surface area contributed by atoms with E-state index in [9.17, 15) is 13.7 Å². The van der Waals surface area contributed by atoms with Crippen LogP contribution in [0.1, 0.15) is 25.0 Å². The van der Waals surface area contributed by atoms with Crippen molar-refractivity contribution in [3.8, 4) is 6.07 Å². The van der Waals surface area contributed by atoms with Gasteiger partial charge >= 0.3 is 0 Å². The normalized spacial score (nSPS) is 21.8. The van der Waals surface area contributed by atoms with Gasteiger partial charge in [-0.1, -0.05) is 12.1 Å². The van der Waals surface area contributed by atoms with E-state index in [4.69, 9.17) is 9.47 Å². The maximum absolute atomic E-state index is 13.0. The van der Waals surface area contributed by atoms with Crippen molar-refractivity contribution in [2.24, 2.45) is 0 Å². The fourth-order valence-electron chi connectivity index (χ4n) is 2.84. The molecule has 0 N–H and O–H groups in total. The summed E-state index contributed by atoms with van der Waals surface area (Å²) >= 11 is 0. The zero-order valence-corrected chi connectivity index (χ0v) is 14.7. The lowest BCUT2D eigenvalue weighted by molar-refractivity contribution is -0.135. The summed E-state index contributed by atoms with van der Waals surface area (Å²) in [7, 11) is -2.22. The van der Waals surface area contributed by atoms with Gasteiger partial charge < -0.3 is 9.47 Å². The molecule has 1 heterocycles. The second-order valence-electron chi connectivity index (χ2n) is 6.31. The van der Waals surface area contributed by atoms with Crippen molar-refractivity contribution in [1.29, 1.82) is 5.26 Å². The number of nitriles is 1. The Morgan fingerprint density at radius 1 is 1.48 bits per heavy atom. The molecular weight excluding hydrogens is 316 g/mol. The van der Waals surface area contributed by atoms with Gasteiger partial charge in [-0.2, -0.15) is 9.57 Å². The quantitative estimate of drug-likeness (QED) is 0.834. The van der Waals surface area contributed by atoms with E-state index < -0.39 is 15.6 Å². The molecule has 6 nitrogen and oxygen atoms in total. The lowest BCUT2D eigenvalue weighted by atomic mass is 10.1. The molecule has 23 heavy (non-hydrogen) atoms. The van der Waals surface area contributed by atoms with Crippen LogP contribution in [0.2, 0.25) is 0 Å². The van der Waals surface area contributed by atoms with Crippen LogP contribution in [0, 0.1) is 18.3 Å². The first-order chi connectivity index (χ1) is 10.7. The number of aryl methyl sites for hydroxylation is 1. The predicted octanol–water partition coefficient (Wildman–Crippen LogP) is 1.68. The van der Waals surface area contributed by atoms with Crippen LogP contribution in [0.15, 0.2) is 23.1 Å². The Bertz CT molecular complexity index is 722. The zero-order valence-electron chi connectivity index (χ0n) is 13.9. The summed E-state index contributed by atoms with van der Waals surface area (Å²) in [5.74, 6) is 0. The molecule has 1 fully saturated rings. The van der Waals surface area contributed by atoms with Gasteiger partial charge in [0.1, 0.15) is 11.0 Å². The molecular formula is C16H22N2O4S. The number of hydrogen-bond acceptors (Lipinski definition) is 5. The molecule has 1 aliphatic rings. The summed E-state index contributed by atoms with van der Waals surface area (Å²) in [4.78, 5) is 0.0499. The van der Waals surface area contributed by atoms with Gasteiger partial charge in [-0.15, -0.1) is 0 Å². The smallest absolute Gasteiger partial charge is 0.244 e. The van der Waals surface area contributed by atoms with Crippen LogP contribution < -0.4 is 0 Å². The molecule has 2 rings (SSSR count). The van der Waals surface area contributed by atoms with Gasteiger partial charge in [0.05, 0.1) is 23.9 Å². The van der Waals surface area contributed by atoms with Gasteiger partial charge in [0, 0.05) is 20.2 Å². The highest BCUT2D eigenvalue weighted by molar-refractivity contribution is 7.89. The highest BCUT2D eigenvalue weighted by Crippen LogP contribution is 2.28. The van der Waals surface area contributed by atoms with E-state index in [2.05, 4.69) is 0 Å². The number of rotatable bonds is 4. The molecule has 0 saturated carbocycles. The Morgan fingerprint density at radius 3 is 2.78 bits per heavy atom. The van der Waals surface area contributed by atoms with E-state index in [0.717, 1.165) is 0 Å². The van der Waals surface area contributed by atoms with Crippen molar-refractivity contribution in [3.05, 3.63) is 29.3 Å². The number of hydrogen-bond donors (Lipinski definition) is 0. The fourth-order valence-corrected chi connectivity index (χ4v) is 4.67. The largest absolute Gasteiger partial charge is 0.382 e. The van der Waals surface area contributed by atoms with E-state index in [-0.39, 0.29) is 29.7 Å². The van der Waals surface area contributed by atoms with E-state index in [1.807, 2.05) is 19.9 Å². The van der Waals surface area contributed by atoms with Crippen LogP contribution in [-0.4, -0.2) is 51.2 Å². The Balaban J connectivity index is 2.43. The van der Waals surface area contributed by atoms with Crippen LogP contribution in [0.3, 0.4) is 0 Å². The highest BCUT2D eigenvalue weighted by atomic mass is 32.2. The molecule has 0 aromatic heterocycles. The first-order valence-corrected chi connectivity index (χ1v) is 8.82. The Morgan fingerprint density at radius 2 is 2.17 bits per heavy atom. The first-order valence-electron chi connectivity index (χ1n) is 7.38. The molecule has 0 amide bonds. The third-order valence-electron chi connectivity index (χ3n) is 3.77. The molecule has 0 aliphatic carbocycles. The Labute approximate surface area is 137 Å². The third kappa shape index (κ3) is 3.72. The molecule has 0 bridgehead atoms. The minimum atomic E-state index is -3.77. The number of benzene rings is 1. The predicted molar refractivity (Wildman–Crippen MR) is 85.5 cm³/mol. The highest BCUT2D eigenvalue weighted by Gasteiger charge is 2.40. The van der Waals surface area contributed by atoms with Gasteiger partial charge in [0.25, 0.3) is 0 Å². The molecule has 1 atom stereocenters. The average molecular weight is 338 g/mol. The minimum absolute atomic E-state index is 0.0499. The van der Waals surface area contributed by atoms with Crippen LogP contribution in [0.25, 0.3) is 0 Å². The second kappa shape index (κ2) is 6.57. The first kappa shape index (κ1) is 17.9. The summed E-state index contributed by atoms with van der Waals surface area (Å²) in [6.07, 6.45) is -0.339. The van der Waals surface area contributed by atoms with Crippen molar-refractivity contribution in [1.82, 2.24) is 4.31 Å². The van der Waals surface area contributed by atoms with Crippen molar-refractivity contribution >= 4 is 10.0 Å². The summed E-state index contributed by atoms with van der Waals surface area (Å²) in [6.45, 7) is 6.17. The Hall–Kier alpha value is -1.46. The van der Waals surface area contributed by atoms with Crippen LogP contribution in [-0.2, 0) is 19.5 Å². The van der Waals surface area contributed by atoms with Crippen molar-refractivity contribution in [3.63, 3.8) is 0 Å². The van der Waals surface area contributed by atoms with E-state index in [1.165, 1.54) is 10.4 Å². The van der Waals surface area contributed by atoms with E-state index in [1.54, 1.807) is 26.2 Å². The van der Waals surface area contributed by atoms with Gasteiger partial charge in [-0.3, -0.25) is 0 Å². The van der Waals surface area contributed by atoms with Crippen LogP contribution in [0.5, 0.6) is 0 Å². The van der Waals surface area contributed by atoms with Crippen LogP contribution >= 0.6 is 0 Å². The molecule has 0 unspecified atom stereocenters. The summed E-state index contributed by atoms with van der Waals surface area (Å²) in [5, 5.41) is 9.32. The number of sulfonamides is 1. The number of ether oxygens (including phenoxy) is 2. The molecule has 7 heteroatoms. The molecule has 0 radical (unpaired) electrons. The summed E-state index contributed by atoms with van der Waals surface area (Å²) < 4.78 is 38.4. The number of nitrogens with zero attached hydrogens (tertiary/aromatic N) is 2. The summed E-state index contributed by atoms with van der Waals surface area (Å²) in [5.41, 5.74) is 0.222. The van der Waals surface area contributed by atoms with Gasteiger partial charge in [-0.05, 0) is 32.4 Å². The topological polar surface area (TPSA) is 79.6 Å². The van der Waals surface area contributed by atoms with Crippen molar-refractivity contribution < 1.29 is 17.9 Å². The van der Waals surface area contributed by atoms with E-state index >= 15 is 0 Å². The number of morpholine rings is 1. The SMILES string of the molecule is COC[C@@H]1CN(S(=O)(=O)c2cccc(C)c2C#N)CC(C)(C)O1. The minimum Gasteiger partial charge on any atom is -0.382 e. The van der Waals surface area contributed by atoms with E-state index in [0.29, 0.717) is 12.2 Å². The molecule has 1 aromatic carbocycles. The van der Waals surface area contributed by atoms with Gasteiger partial charge in [-0.25, -0.2) is 8.42 Å². The maximum atomic E-state index is 13.0. The van der Waals surface area contributed by atoms with Crippen LogP contribution in [0.4, 0.5) is 0 Å². The average Bonchev–Trinajstić information content (AvgIpc) is 2.45. The lowest BCUT2D eigenvalue weighted by Crippen LogP contribution is -2.55. The zero-order chi connectivity index (χ0) is 17.3. The monoisotopic (exact) mass is 338 g/mol. The standard InChI is InChI=1S/C16H22N2O4S/c1-12-6-5-7-15(14(12)8-17)23(19,20)18-9-13(10-21-4)22-16(2,3)11-18/h5-7,13H,9-11H2,1-4H3/t13-/m0/s1. The Kier molecular flexibility index (Phi) is 5.11. The molecule has 0 spiro atoms. The molecule has 1 saturated heterocycles. The van der Waals surface area contributed by atoms with Crippen molar-refractivity contribution in [2.75, 3.05) is 26.8 Å². The van der Waals surface area contributed by atoms with Gasteiger partial charge in [0.2, 0.25) is 10.0 Å². The summed E-state index contributed by atoms with van der Waals surface area (Å²) in [6, 6.07) is 6.87. The second-order valence-corrected chi connectivity index (χ2v) is 8.22. The molecule has 1 aromatic rings. The maximum Gasteiger partial charge on any atom is 0.244 e. The third-order valence-corrected chi connectivity index (χ3v) is 5.62. The molecule has 126 valence electrons. The lowest BCUT2D eigenvalue weighted by Gasteiger charge is -2.41.